The average molecular weight is 395 g/mol. The number of hydrogen-bond donors (Lipinski definition) is 0. The molecule has 1 fully saturated rings. The summed E-state index contributed by atoms with van der Waals surface area (Å²) in [6.45, 7) is 6.10. The molecule has 2 aliphatic heterocycles. The van der Waals surface area contributed by atoms with Crippen LogP contribution in [0.25, 0.3) is 0 Å². The lowest BCUT2D eigenvalue weighted by molar-refractivity contribution is -0.256. The quantitative estimate of drug-likeness (QED) is 0.699. The Hall–Kier alpha value is -2.37. The summed E-state index contributed by atoms with van der Waals surface area (Å²) in [7, 11) is 0. The predicted octanol–water partition coefficient (Wildman–Crippen LogP) is 4.35. The zero-order chi connectivity index (χ0) is 20.3. The van der Waals surface area contributed by atoms with Crippen LogP contribution in [0.5, 0.6) is 5.75 Å². The number of para-hydroxylation sites is 1. The predicted molar refractivity (Wildman–Crippen MR) is 112 cm³/mol. The van der Waals surface area contributed by atoms with Gasteiger partial charge in [-0.2, -0.15) is 0 Å². The van der Waals surface area contributed by atoms with Crippen molar-refractivity contribution in [3.63, 3.8) is 0 Å². The van der Waals surface area contributed by atoms with Crippen molar-refractivity contribution in [3.8, 4) is 5.75 Å². The van der Waals surface area contributed by atoms with Crippen molar-refractivity contribution in [1.82, 2.24) is 0 Å². The van der Waals surface area contributed by atoms with Gasteiger partial charge in [-0.15, -0.1) is 0 Å². The van der Waals surface area contributed by atoms with Crippen LogP contribution in [0, 0.1) is 6.92 Å². The van der Waals surface area contributed by atoms with Gasteiger partial charge in [-0.3, -0.25) is 4.79 Å². The van der Waals surface area contributed by atoms with E-state index >= 15 is 0 Å². The summed E-state index contributed by atoms with van der Waals surface area (Å²) in [4.78, 5) is 15.1. The molecule has 4 rings (SSSR count). The molecule has 2 aliphatic rings. The topological polar surface area (TPSA) is 48.0 Å². The van der Waals surface area contributed by atoms with E-state index in [0.717, 1.165) is 48.2 Å². The number of anilines is 1. The molecule has 0 aliphatic carbocycles. The van der Waals surface area contributed by atoms with Crippen molar-refractivity contribution >= 4 is 11.6 Å². The van der Waals surface area contributed by atoms with Gasteiger partial charge in [0, 0.05) is 5.56 Å². The van der Waals surface area contributed by atoms with Gasteiger partial charge < -0.3 is 19.1 Å². The van der Waals surface area contributed by atoms with E-state index in [1.165, 1.54) is 5.56 Å². The fraction of sp³-hybridized carbons (Fsp3) is 0.458. The van der Waals surface area contributed by atoms with Crippen molar-refractivity contribution in [2.24, 2.45) is 0 Å². The first-order valence-electron chi connectivity index (χ1n) is 10.6. The molecule has 154 valence electrons. The van der Waals surface area contributed by atoms with Gasteiger partial charge in [-0.05, 0) is 55.5 Å². The van der Waals surface area contributed by atoms with Crippen molar-refractivity contribution in [3.05, 3.63) is 59.2 Å². The molecule has 0 saturated carbocycles. The first-order chi connectivity index (χ1) is 14.2. The lowest BCUT2D eigenvalue weighted by atomic mass is 10.00. The Labute approximate surface area is 172 Å². The van der Waals surface area contributed by atoms with E-state index in [2.05, 4.69) is 19.1 Å². The maximum Gasteiger partial charge on any atom is 0.292 e. The number of unbranched alkanes of at least 4 members (excludes halogenated alkanes) is 1. The number of ether oxygens (including phenoxy) is 3. The normalized spacial score (nSPS) is 17.6. The molecule has 0 radical (unpaired) electrons. The number of nitrogens with zero attached hydrogens (tertiary/aromatic N) is 1. The molecule has 1 saturated heterocycles. The maximum absolute atomic E-state index is 13.4. The van der Waals surface area contributed by atoms with E-state index in [4.69, 9.17) is 14.2 Å². The van der Waals surface area contributed by atoms with Crippen LogP contribution in [-0.2, 0) is 26.5 Å². The second kappa shape index (κ2) is 8.56. The second-order valence-electron chi connectivity index (χ2n) is 7.69. The van der Waals surface area contributed by atoms with Crippen LogP contribution in [0.2, 0.25) is 0 Å². The molecule has 2 aromatic carbocycles. The molecule has 1 spiro atoms. The molecular weight excluding hydrogens is 366 g/mol. The van der Waals surface area contributed by atoms with E-state index < -0.39 is 5.79 Å². The summed E-state index contributed by atoms with van der Waals surface area (Å²) in [6.07, 6.45) is 4.05. The van der Waals surface area contributed by atoms with Crippen LogP contribution in [0.1, 0.15) is 42.9 Å². The molecule has 0 aromatic heterocycles. The number of carbonyl (C=O) groups is 1. The Bertz CT molecular complexity index is 873. The Morgan fingerprint density at radius 2 is 1.93 bits per heavy atom. The summed E-state index contributed by atoms with van der Waals surface area (Å²) >= 11 is 0. The highest BCUT2D eigenvalue weighted by molar-refractivity contribution is 6.06. The van der Waals surface area contributed by atoms with Crippen molar-refractivity contribution in [2.75, 3.05) is 31.3 Å². The molecule has 2 heterocycles. The third-order valence-corrected chi connectivity index (χ3v) is 5.62. The average Bonchev–Trinajstić information content (AvgIpc) is 2.96. The highest BCUT2D eigenvalue weighted by Gasteiger charge is 2.54. The van der Waals surface area contributed by atoms with E-state index in [-0.39, 0.29) is 5.91 Å². The van der Waals surface area contributed by atoms with Crippen molar-refractivity contribution in [2.45, 2.75) is 45.3 Å². The zero-order valence-electron chi connectivity index (χ0n) is 17.3. The van der Waals surface area contributed by atoms with E-state index in [0.29, 0.717) is 26.4 Å². The molecule has 1 amide bonds. The minimum Gasteiger partial charge on any atom is -0.491 e. The minimum atomic E-state index is -1.29. The molecule has 2 aromatic rings. The molecule has 5 heteroatoms. The van der Waals surface area contributed by atoms with E-state index in [9.17, 15) is 4.79 Å². The fourth-order valence-corrected chi connectivity index (χ4v) is 4.02. The molecule has 0 N–H and O–H groups in total. The minimum absolute atomic E-state index is 0.145. The van der Waals surface area contributed by atoms with Crippen molar-refractivity contribution < 1.29 is 19.0 Å². The molecule has 29 heavy (non-hydrogen) atoms. The smallest absolute Gasteiger partial charge is 0.292 e. The van der Waals surface area contributed by atoms with Gasteiger partial charge in [0.2, 0.25) is 0 Å². The number of carbonyl (C=O) groups excluding carboxylic acids is 1. The molecule has 0 atom stereocenters. The van der Waals surface area contributed by atoms with Crippen molar-refractivity contribution in [1.29, 1.82) is 0 Å². The van der Waals surface area contributed by atoms with Gasteiger partial charge in [0.15, 0.2) is 0 Å². The van der Waals surface area contributed by atoms with Crippen LogP contribution in [0.4, 0.5) is 5.69 Å². The van der Waals surface area contributed by atoms with Gasteiger partial charge >= 0.3 is 0 Å². The van der Waals surface area contributed by atoms with Gasteiger partial charge in [-0.25, -0.2) is 0 Å². The van der Waals surface area contributed by atoms with Crippen LogP contribution >= 0.6 is 0 Å². The number of aryl methyl sites for hydroxylation is 2. The molecule has 0 bridgehead atoms. The third-order valence-electron chi connectivity index (χ3n) is 5.62. The SMILES string of the molecule is CCCCc1ccc2c(c1)C1(OCCCO1)C(=O)N2CCOc1ccccc1C. The van der Waals surface area contributed by atoms with Crippen LogP contribution < -0.4 is 9.64 Å². The standard InChI is InChI=1S/C24H29NO4/c1-3-4-9-19-11-12-21-20(17-19)24(28-14-7-15-29-24)23(26)25(21)13-16-27-22-10-6-5-8-18(22)2/h5-6,8,10-12,17H,3-4,7,9,13-16H2,1-2H3. The molecule has 5 nitrogen and oxygen atoms in total. The van der Waals surface area contributed by atoms with Gasteiger partial charge in [-0.1, -0.05) is 37.6 Å². The largest absolute Gasteiger partial charge is 0.491 e. The number of hydrogen-bond acceptors (Lipinski definition) is 4. The Balaban J connectivity index is 1.57. The fourth-order valence-electron chi connectivity index (χ4n) is 4.02. The summed E-state index contributed by atoms with van der Waals surface area (Å²) in [5, 5.41) is 0. The maximum atomic E-state index is 13.4. The summed E-state index contributed by atoms with van der Waals surface area (Å²) < 4.78 is 17.9. The van der Waals surface area contributed by atoms with Crippen LogP contribution in [-0.4, -0.2) is 32.3 Å². The second-order valence-corrected chi connectivity index (χ2v) is 7.69. The number of rotatable bonds is 7. The van der Waals surface area contributed by atoms with Crippen LogP contribution in [0.3, 0.4) is 0 Å². The number of benzene rings is 2. The van der Waals surface area contributed by atoms with Gasteiger partial charge in [0.05, 0.1) is 25.4 Å². The summed E-state index contributed by atoms with van der Waals surface area (Å²) in [5.41, 5.74) is 4.00. The number of amides is 1. The first-order valence-corrected chi connectivity index (χ1v) is 10.6. The third kappa shape index (κ3) is 3.77. The molecular formula is C24H29NO4. The van der Waals surface area contributed by atoms with Gasteiger partial charge in [0.1, 0.15) is 12.4 Å². The van der Waals surface area contributed by atoms with E-state index in [1.54, 1.807) is 4.90 Å². The monoisotopic (exact) mass is 395 g/mol. The first kappa shape index (κ1) is 19.9. The van der Waals surface area contributed by atoms with E-state index in [1.807, 2.05) is 37.3 Å². The number of fused-ring (bicyclic) bond motifs is 2. The summed E-state index contributed by atoms with van der Waals surface area (Å²) in [6, 6.07) is 14.1. The van der Waals surface area contributed by atoms with Gasteiger partial charge in [0.25, 0.3) is 11.7 Å². The van der Waals surface area contributed by atoms with Crippen LogP contribution in [0.15, 0.2) is 42.5 Å². The highest BCUT2D eigenvalue weighted by atomic mass is 16.7. The molecule has 0 unspecified atom stereocenters. The Morgan fingerprint density at radius 1 is 1.14 bits per heavy atom. The lowest BCUT2D eigenvalue weighted by Crippen LogP contribution is -2.48. The summed E-state index contributed by atoms with van der Waals surface area (Å²) in [5.74, 6) is -0.597. The zero-order valence-corrected chi connectivity index (χ0v) is 17.3. The Kier molecular flexibility index (Phi) is 5.88. The highest BCUT2D eigenvalue weighted by Crippen LogP contribution is 2.45. The lowest BCUT2D eigenvalue weighted by Gasteiger charge is -2.32. The Morgan fingerprint density at radius 3 is 2.69 bits per heavy atom.